The van der Waals surface area contributed by atoms with Crippen LogP contribution < -0.4 is 10.5 Å². The topological polar surface area (TPSA) is 107 Å². The molecule has 3 rings (SSSR count). The Morgan fingerprint density at radius 2 is 1.93 bits per heavy atom. The van der Waals surface area contributed by atoms with E-state index in [1.54, 1.807) is 6.07 Å². The molecule has 0 spiro atoms. The lowest BCUT2D eigenvalue weighted by molar-refractivity contribution is -0.119. The lowest BCUT2D eigenvalue weighted by atomic mass is 10.0. The zero-order valence-electron chi connectivity index (χ0n) is 16.8. The molecule has 0 bridgehead atoms. The van der Waals surface area contributed by atoms with Crippen molar-refractivity contribution < 1.29 is 13.2 Å². The van der Waals surface area contributed by atoms with Crippen molar-refractivity contribution in [3.8, 4) is 0 Å². The molecular weight excluding hydrogens is 408 g/mol. The van der Waals surface area contributed by atoms with Gasteiger partial charge in [-0.2, -0.15) is 0 Å². The quantitative estimate of drug-likeness (QED) is 0.583. The Bertz CT molecular complexity index is 1190. The number of rotatable bonds is 6. The fraction of sp³-hybridized carbons (Fsp3) is 0.300. The molecule has 0 radical (unpaired) electrons. The van der Waals surface area contributed by atoms with Gasteiger partial charge < -0.3 is 9.88 Å². The molecule has 3 N–H and O–H groups in total. The molecule has 1 heterocycles. The number of imidazole rings is 1. The molecule has 29 heavy (non-hydrogen) atoms. The number of fused-ring (bicyclic) bond motifs is 1. The van der Waals surface area contributed by atoms with Crippen molar-refractivity contribution in [1.82, 2.24) is 14.9 Å². The Morgan fingerprint density at radius 3 is 2.59 bits per heavy atom. The van der Waals surface area contributed by atoms with Crippen LogP contribution in [0.25, 0.3) is 11.0 Å². The summed E-state index contributed by atoms with van der Waals surface area (Å²) in [6, 6.07) is 10.6. The predicted octanol–water partition coefficient (Wildman–Crippen LogP) is 2.81. The summed E-state index contributed by atoms with van der Waals surface area (Å²) in [5.74, 6) is 0.104. The van der Waals surface area contributed by atoms with Crippen molar-refractivity contribution in [3.63, 3.8) is 0 Å². The number of thioether (sulfide) groups is 1. The van der Waals surface area contributed by atoms with Crippen LogP contribution >= 0.6 is 11.8 Å². The Labute approximate surface area is 174 Å². The summed E-state index contributed by atoms with van der Waals surface area (Å²) in [5.41, 5.74) is 4.76. The maximum atomic E-state index is 12.4. The van der Waals surface area contributed by atoms with Crippen LogP contribution in [-0.2, 0) is 21.9 Å². The largest absolute Gasteiger partial charge is 0.349 e. The van der Waals surface area contributed by atoms with Gasteiger partial charge in [0.1, 0.15) is 0 Å². The SMILES string of the molecule is Cc1ccc(C(C)NC(=O)CSc2nc3cc(S(N)(=O)=O)ccc3n2C)cc1C. The molecule has 0 aliphatic heterocycles. The lowest BCUT2D eigenvalue weighted by Crippen LogP contribution is -2.28. The lowest BCUT2D eigenvalue weighted by Gasteiger charge is -2.15. The van der Waals surface area contributed by atoms with Crippen molar-refractivity contribution >= 4 is 38.7 Å². The van der Waals surface area contributed by atoms with E-state index < -0.39 is 10.0 Å². The Kier molecular flexibility index (Phi) is 6.02. The summed E-state index contributed by atoms with van der Waals surface area (Å²) in [7, 11) is -1.97. The van der Waals surface area contributed by atoms with Gasteiger partial charge in [0.05, 0.1) is 27.7 Å². The highest BCUT2D eigenvalue weighted by Crippen LogP contribution is 2.25. The highest BCUT2D eigenvalue weighted by Gasteiger charge is 2.15. The van der Waals surface area contributed by atoms with E-state index in [-0.39, 0.29) is 22.6 Å². The first-order valence-corrected chi connectivity index (χ1v) is 11.6. The monoisotopic (exact) mass is 432 g/mol. The predicted molar refractivity (Wildman–Crippen MR) is 115 cm³/mol. The maximum Gasteiger partial charge on any atom is 0.238 e. The van der Waals surface area contributed by atoms with Crippen LogP contribution in [0.3, 0.4) is 0 Å². The molecule has 0 aliphatic carbocycles. The Hall–Kier alpha value is -2.36. The summed E-state index contributed by atoms with van der Waals surface area (Å²) in [5, 5.41) is 8.81. The van der Waals surface area contributed by atoms with Crippen molar-refractivity contribution in [2.24, 2.45) is 12.2 Å². The van der Waals surface area contributed by atoms with E-state index in [0.29, 0.717) is 10.7 Å². The number of nitrogens with two attached hydrogens (primary N) is 1. The van der Waals surface area contributed by atoms with E-state index in [0.717, 1.165) is 11.1 Å². The van der Waals surface area contributed by atoms with Gasteiger partial charge in [-0.25, -0.2) is 18.5 Å². The van der Waals surface area contributed by atoms with Crippen LogP contribution in [0.1, 0.15) is 29.7 Å². The summed E-state index contributed by atoms with van der Waals surface area (Å²) in [6.45, 7) is 6.06. The molecule has 0 fully saturated rings. The molecule has 2 aromatic carbocycles. The third kappa shape index (κ3) is 4.80. The molecule has 0 aliphatic rings. The molecule has 0 saturated carbocycles. The summed E-state index contributed by atoms with van der Waals surface area (Å²) in [4.78, 5) is 16.9. The molecule has 3 aromatic rings. The standard InChI is InChI=1S/C20H24N4O3S2/c1-12-5-6-15(9-13(12)2)14(3)22-19(25)11-28-20-23-17-10-16(29(21,26)27)7-8-18(17)24(20)4/h5-10,14H,11H2,1-4H3,(H,22,25)(H2,21,26,27). The van der Waals surface area contributed by atoms with E-state index in [9.17, 15) is 13.2 Å². The van der Waals surface area contributed by atoms with Crippen molar-refractivity contribution in [2.75, 3.05) is 5.75 Å². The number of sulfonamides is 1. The first-order valence-electron chi connectivity index (χ1n) is 9.05. The Balaban J connectivity index is 1.68. The third-order valence-corrected chi connectivity index (χ3v) is 6.82. The molecule has 154 valence electrons. The van der Waals surface area contributed by atoms with Gasteiger partial charge in [-0.3, -0.25) is 4.79 Å². The number of aryl methyl sites for hydroxylation is 3. The molecule has 0 saturated heterocycles. The molecular formula is C20H24N4O3S2. The number of carbonyl (C=O) groups is 1. The minimum atomic E-state index is -3.79. The second kappa shape index (κ2) is 8.17. The van der Waals surface area contributed by atoms with Gasteiger partial charge in [-0.15, -0.1) is 0 Å². The van der Waals surface area contributed by atoms with E-state index >= 15 is 0 Å². The minimum Gasteiger partial charge on any atom is -0.349 e. The van der Waals surface area contributed by atoms with E-state index in [1.807, 2.05) is 24.6 Å². The number of amides is 1. The first-order chi connectivity index (χ1) is 13.6. The van der Waals surface area contributed by atoms with E-state index in [4.69, 9.17) is 5.14 Å². The van der Waals surface area contributed by atoms with Crippen LogP contribution in [0.4, 0.5) is 0 Å². The van der Waals surface area contributed by atoms with Crippen LogP contribution in [0.2, 0.25) is 0 Å². The van der Waals surface area contributed by atoms with Crippen LogP contribution in [-0.4, -0.2) is 29.6 Å². The van der Waals surface area contributed by atoms with E-state index in [1.165, 1.54) is 35.0 Å². The number of benzene rings is 2. The number of hydrogen-bond donors (Lipinski definition) is 2. The van der Waals surface area contributed by atoms with Gasteiger partial charge in [-0.05, 0) is 55.7 Å². The van der Waals surface area contributed by atoms with Crippen LogP contribution in [0.5, 0.6) is 0 Å². The van der Waals surface area contributed by atoms with Gasteiger partial charge in [0, 0.05) is 7.05 Å². The average Bonchev–Trinajstić information content (AvgIpc) is 2.97. The highest BCUT2D eigenvalue weighted by atomic mass is 32.2. The molecule has 7 nitrogen and oxygen atoms in total. The average molecular weight is 433 g/mol. The fourth-order valence-electron chi connectivity index (χ4n) is 2.99. The second-order valence-corrected chi connectivity index (χ2v) is 9.57. The smallest absolute Gasteiger partial charge is 0.238 e. The normalized spacial score (nSPS) is 12.9. The summed E-state index contributed by atoms with van der Waals surface area (Å²) < 4.78 is 24.9. The first kappa shape index (κ1) is 21.4. The maximum absolute atomic E-state index is 12.4. The zero-order valence-corrected chi connectivity index (χ0v) is 18.4. The second-order valence-electron chi connectivity index (χ2n) is 7.07. The number of nitrogens with one attached hydrogen (secondary N) is 1. The van der Waals surface area contributed by atoms with Gasteiger partial charge in [0.2, 0.25) is 15.9 Å². The number of primary sulfonamides is 1. The van der Waals surface area contributed by atoms with Crippen LogP contribution in [0.15, 0.2) is 46.5 Å². The number of hydrogen-bond acceptors (Lipinski definition) is 5. The van der Waals surface area contributed by atoms with Crippen molar-refractivity contribution in [2.45, 2.75) is 36.9 Å². The molecule has 1 aromatic heterocycles. The zero-order chi connectivity index (χ0) is 21.3. The molecule has 1 unspecified atom stereocenters. The van der Waals surface area contributed by atoms with Crippen LogP contribution in [0, 0.1) is 13.8 Å². The fourth-order valence-corrected chi connectivity index (χ4v) is 4.33. The van der Waals surface area contributed by atoms with Gasteiger partial charge in [0.25, 0.3) is 0 Å². The molecule has 1 atom stereocenters. The molecule has 1 amide bonds. The highest BCUT2D eigenvalue weighted by molar-refractivity contribution is 7.99. The Morgan fingerprint density at radius 1 is 1.21 bits per heavy atom. The minimum absolute atomic E-state index is 0.0135. The number of nitrogens with zero attached hydrogens (tertiary/aromatic N) is 2. The number of aromatic nitrogens is 2. The van der Waals surface area contributed by atoms with Gasteiger partial charge in [-0.1, -0.05) is 30.0 Å². The van der Waals surface area contributed by atoms with Gasteiger partial charge in [0.15, 0.2) is 5.16 Å². The molecule has 9 heteroatoms. The van der Waals surface area contributed by atoms with Crippen molar-refractivity contribution in [1.29, 1.82) is 0 Å². The summed E-state index contributed by atoms with van der Waals surface area (Å²) in [6.07, 6.45) is 0. The van der Waals surface area contributed by atoms with E-state index in [2.05, 4.69) is 36.3 Å². The van der Waals surface area contributed by atoms with Gasteiger partial charge >= 0.3 is 0 Å². The third-order valence-electron chi connectivity index (χ3n) is 4.88. The number of carbonyl (C=O) groups excluding carboxylic acids is 1. The summed E-state index contributed by atoms with van der Waals surface area (Å²) >= 11 is 1.30. The van der Waals surface area contributed by atoms with Crippen molar-refractivity contribution in [3.05, 3.63) is 53.1 Å².